The van der Waals surface area contributed by atoms with E-state index in [1.807, 2.05) is 50.1 Å². The molecular formula is C20H32I12N8. The van der Waals surface area contributed by atoms with Crippen LogP contribution in [0.2, 0.25) is 0 Å². The second-order valence-electron chi connectivity index (χ2n) is 7.03. The third-order valence-corrected chi connectivity index (χ3v) is 4.58. The van der Waals surface area contributed by atoms with Crippen LogP contribution in [0.15, 0.2) is 74.9 Å². The molecule has 0 amide bonds. The van der Waals surface area contributed by atoms with E-state index in [-0.39, 0.29) is 0 Å². The molecule has 4 rings (SSSR count). The first-order valence-corrected chi connectivity index (χ1v) is 61.4. The van der Waals surface area contributed by atoms with Gasteiger partial charge in [-0.3, -0.25) is 19.9 Å². The second-order valence-corrected chi connectivity index (χ2v) is 72.0. The Balaban J connectivity index is 0. The van der Waals surface area contributed by atoms with E-state index in [1.54, 1.807) is 0 Å². The molecule has 0 unspecified atom stereocenters. The smallest absolute Gasteiger partial charge is 0.241 e. The van der Waals surface area contributed by atoms with Crippen LogP contribution in [-0.4, -0.2) is 19.9 Å². The molecule has 0 atom stereocenters. The molecule has 236 valence electrons. The number of hydrogen-bond donors (Lipinski definition) is 4. The van der Waals surface area contributed by atoms with Crippen molar-refractivity contribution < 1.29 is 71.3 Å². The molecule has 0 radical (unpaired) electrons. The fourth-order valence-electron chi connectivity index (χ4n) is 3.02. The molecule has 4 heterocycles. The van der Waals surface area contributed by atoms with E-state index in [0.717, 1.165) is 26.2 Å². The van der Waals surface area contributed by atoms with Crippen molar-refractivity contribution in [1.29, 1.82) is 0 Å². The molecule has 40 heavy (non-hydrogen) atoms. The first-order valence-electron chi connectivity index (χ1n) is 11.1. The number of imidazole rings is 4. The molecule has 0 aliphatic carbocycles. The number of nitrogens with one attached hydrogen (secondary N) is 4. The van der Waals surface area contributed by atoms with Crippen molar-refractivity contribution in [1.82, 2.24) is 19.9 Å². The number of H-pyrrole nitrogens is 4. The maximum Gasteiger partial charge on any atom is 0.241 e. The van der Waals surface area contributed by atoms with Crippen molar-refractivity contribution in [2.24, 2.45) is 0 Å². The number of hydrogen-bond acceptors (Lipinski definition) is 0. The largest absolute Gasteiger partial charge is 0.250 e. The third kappa shape index (κ3) is 34.9. The second kappa shape index (κ2) is 40.8. The van der Waals surface area contributed by atoms with Crippen LogP contribution in [-0.2, 0) is 26.2 Å². The van der Waals surface area contributed by atoms with Gasteiger partial charge in [-0.05, 0) is 25.7 Å². The monoisotopic (exact) mass is 1910 g/mol. The van der Waals surface area contributed by atoms with Crippen LogP contribution in [0.3, 0.4) is 0 Å². The predicted octanol–water partition coefficient (Wildman–Crippen LogP) is -4.10. The van der Waals surface area contributed by atoms with Crippen LogP contribution in [0, 0.1) is 0 Å². The van der Waals surface area contributed by atoms with Gasteiger partial charge in [-0.15, -0.1) is 0 Å². The van der Waals surface area contributed by atoms with Gasteiger partial charge in [0.05, 0.1) is 26.2 Å². The van der Waals surface area contributed by atoms with Gasteiger partial charge in [0.25, 0.3) is 0 Å². The van der Waals surface area contributed by atoms with Gasteiger partial charge in [0.2, 0.25) is 25.3 Å². The summed E-state index contributed by atoms with van der Waals surface area (Å²) in [6, 6.07) is 0. The van der Waals surface area contributed by atoms with E-state index in [1.165, 1.54) is 25.7 Å². The summed E-state index contributed by atoms with van der Waals surface area (Å²) in [5, 5.41) is 0. The number of aromatic nitrogens is 8. The van der Waals surface area contributed by atoms with Gasteiger partial charge in [-0.25, -0.2) is 18.3 Å². The Morgan fingerprint density at radius 3 is 0.675 bits per heavy atom. The molecule has 4 N–H and O–H groups in total. The Labute approximate surface area is 357 Å². The van der Waals surface area contributed by atoms with Crippen molar-refractivity contribution in [2.75, 3.05) is 0 Å². The first kappa shape index (κ1) is 47.7. The van der Waals surface area contributed by atoms with Crippen LogP contribution in [0.1, 0.15) is 25.7 Å². The Kier molecular flexibility index (Phi) is 48.6. The van der Waals surface area contributed by atoms with Gasteiger partial charge >= 0.3 is 202 Å². The SMILES string of the molecule is I[I-]I.I[I-]I.I[I-]I.I[I-]I.c1c[n+](CCCC[n+]2cc[nH]c2)c[nH]1.c1c[n+](CCCC[n+]2cc[nH]c2)c[nH]1. The Bertz CT molecular complexity index is 761. The number of rotatable bonds is 10. The zero-order chi connectivity index (χ0) is 30.1. The summed E-state index contributed by atoms with van der Waals surface area (Å²) in [6.45, 7) is 4.37. The Hall–Kier alpha value is 5.60. The summed E-state index contributed by atoms with van der Waals surface area (Å²) < 4.78 is 8.67. The topological polar surface area (TPSA) is 78.7 Å². The van der Waals surface area contributed by atoms with E-state index in [2.05, 4.69) is 212 Å². The summed E-state index contributed by atoms with van der Waals surface area (Å²) >= 11 is 21.2. The van der Waals surface area contributed by atoms with Gasteiger partial charge in [0.15, 0.2) is 0 Å². The van der Waals surface area contributed by atoms with Crippen LogP contribution in [0.4, 0.5) is 0 Å². The number of nitrogens with zero attached hydrogens (tertiary/aromatic N) is 4. The average molecular weight is 1910 g/mol. The Morgan fingerprint density at radius 1 is 0.375 bits per heavy atom. The predicted molar refractivity (Wildman–Crippen MR) is 215 cm³/mol. The first-order chi connectivity index (χ1) is 19.6. The van der Waals surface area contributed by atoms with Gasteiger partial charge in [-0.1, -0.05) is 0 Å². The van der Waals surface area contributed by atoms with Crippen molar-refractivity contribution in [3.63, 3.8) is 0 Å². The zero-order valence-corrected chi connectivity index (χ0v) is 46.8. The van der Waals surface area contributed by atoms with Gasteiger partial charge in [0, 0.05) is 0 Å². The minimum atomic E-state index is 0.530. The maximum atomic E-state index is 3.04. The van der Waals surface area contributed by atoms with Crippen molar-refractivity contribution in [3.05, 3.63) is 74.9 Å². The molecule has 0 saturated heterocycles. The van der Waals surface area contributed by atoms with E-state index in [9.17, 15) is 0 Å². The molecule has 0 aromatic carbocycles. The summed E-state index contributed by atoms with van der Waals surface area (Å²) in [5.74, 6) is 0. The molecule has 0 aliphatic heterocycles. The number of halogens is 12. The third-order valence-electron chi connectivity index (χ3n) is 4.58. The molecular weight excluding hydrogens is 1880 g/mol. The summed E-state index contributed by atoms with van der Waals surface area (Å²) in [7, 11) is 0. The van der Waals surface area contributed by atoms with E-state index in [0.29, 0.717) is 53.0 Å². The Morgan fingerprint density at radius 2 is 0.550 bits per heavy atom. The van der Waals surface area contributed by atoms with Gasteiger partial charge in [0.1, 0.15) is 49.6 Å². The molecule has 0 spiro atoms. The summed E-state index contributed by atoms with van der Waals surface area (Å²) in [5.41, 5.74) is 0. The van der Waals surface area contributed by atoms with Crippen molar-refractivity contribution in [3.8, 4) is 0 Å². The minimum absolute atomic E-state index is 0.530. The van der Waals surface area contributed by atoms with Crippen LogP contribution < -0.4 is 71.3 Å². The quantitative estimate of drug-likeness (QED) is 0.0710. The van der Waals surface area contributed by atoms with Gasteiger partial charge in [-0.2, -0.15) is 0 Å². The zero-order valence-electron chi connectivity index (χ0n) is 20.9. The maximum absolute atomic E-state index is 3.04. The van der Waals surface area contributed by atoms with Crippen molar-refractivity contribution in [2.45, 2.75) is 51.9 Å². The van der Waals surface area contributed by atoms with Crippen LogP contribution >= 0.6 is 149 Å². The van der Waals surface area contributed by atoms with E-state index >= 15 is 0 Å². The summed E-state index contributed by atoms with van der Waals surface area (Å²) in [4.78, 5) is 12.1. The molecule has 0 saturated carbocycles. The fraction of sp³-hybridized carbons (Fsp3) is 0.400. The van der Waals surface area contributed by atoms with Crippen LogP contribution in [0.5, 0.6) is 0 Å². The normalized spacial score (nSPS) is 9.60. The van der Waals surface area contributed by atoms with Crippen molar-refractivity contribution >= 4 is 149 Å². The summed E-state index contributed by atoms with van der Waals surface area (Å²) in [6.07, 6.45) is 28.8. The minimum Gasteiger partial charge on any atom is -0.250 e. The molecule has 4 aromatic rings. The van der Waals surface area contributed by atoms with E-state index < -0.39 is 0 Å². The number of aromatic amines is 4. The molecule has 20 heteroatoms. The molecule has 4 aromatic heterocycles. The molecule has 0 bridgehead atoms. The molecule has 0 fully saturated rings. The number of unbranched alkanes of at least 4 members (excludes halogenated alkanes) is 2. The fourth-order valence-corrected chi connectivity index (χ4v) is 3.02. The molecule has 0 aliphatic rings. The standard InChI is InChI=1S/2C10H14N4.4I3/c2*1(5-13-7-3-11-9-13)2-6-14-8-4-12-10-14;4*1-3-2/h2*3-4,7-10H,1-2,5-6H2;;;;/q;;4*-1/p+4. The average Bonchev–Trinajstić information content (AvgIpc) is 3.77. The van der Waals surface area contributed by atoms with E-state index in [4.69, 9.17) is 0 Å². The van der Waals surface area contributed by atoms with Crippen LogP contribution in [0.25, 0.3) is 0 Å². The molecule has 8 nitrogen and oxygen atoms in total. The number of aryl methyl sites for hydroxylation is 4. The van der Waals surface area contributed by atoms with Gasteiger partial charge < -0.3 is 0 Å².